The largest absolute Gasteiger partial charge is 0.435 e. The Labute approximate surface area is 192 Å². The minimum Gasteiger partial charge on any atom is -0.435 e. The number of allylic oxidation sites excluding steroid dienone is 2. The highest BCUT2D eigenvalue weighted by molar-refractivity contribution is 6.07. The monoisotopic (exact) mass is 470 g/mol. The second-order valence-electron chi connectivity index (χ2n) is 6.87. The summed E-state index contributed by atoms with van der Waals surface area (Å²) in [5.74, 6) is -0.720. The van der Waals surface area contributed by atoms with Crippen molar-refractivity contribution >= 4 is 23.7 Å². The molecule has 174 valence electrons. The maximum absolute atomic E-state index is 12.3. The summed E-state index contributed by atoms with van der Waals surface area (Å²) in [7, 11) is 0. The van der Waals surface area contributed by atoms with Crippen LogP contribution in [0.1, 0.15) is 31.8 Å². The summed E-state index contributed by atoms with van der Waals surface area (Å²) in [6.07, 6.45) is 5.87. The van der Waals surface area contributed by atoms with Crippen molar-refractivity contribution in [2.24, 2.45) is 0 Å². The highest BCUT2D eigenvalue weighted by Crippen LogP contribution is 2.18. The molecule has 0 saturated heterocycles. The van der Waals surface area contributed by atoms with Crippen LogP contribution in [-0.4, -0.2) is 24.8 Å². The molecule has 0 aliphatic carbocycles. The molecule has 8 heteroatoms. The molecule has 0 N–H and O–H groups in total. The standard InChI is InChI=1S/C26H18F4O4/c27-25(28)33-21-10-6-19(7-11-21)23(31)14-4-17-2-1-3-18(16-17)5-15-24(32)20-8-12-22(13-9-20)34-26(29)30/h1-16,25-26H. The van der Waals surface area contributed by atoms with Crippen molar-refractivity contribution in [1.29, 1.82) is 0 Å². The van der Waals surface area contributed by atoms with E-state index in [1.54, 1.807) is 36.4 Å². The van der Waals surface area contributed by atoms with Gasteiger partial charge in [0.2, 0.25) is 0 Å². The van der Waals surface area contributed by atoms with Gasteiger partial charge in [-0.3, -0.25) is 9.59 Å². The molecule has 0 unspecified atom stereocenters. The molecule has 34 heavy (non-hydrogen) atoms. The van der Waals surface area contributed by atoms with Crippen LogP contribution < -0.4 is 9.47 Å². The molecule has 3 aromatic rings. The SMILES string of the molecule is O=C(C=Cc1cccc(C=CC(=O)c2ccc(OC(F)F)cc2)c1)c1ccc(OC(F)F)cc1. The average molecular weight is 470 g/mol. The van der Waals surface area contributed by atoms with Crippen molar-refractivity contribution in [1.82, 2.24) is 0 Å². The third-order valence-corrected chi connectivity index (χ3v) is 4.49. The van der Waals surface area contributed by atoms with E-state index in [0.29, 0.717) is 22.3 Å². The number of ether oxygens (including phenoxy) is 2. The Morgan fingerprint density at radius 2 is 1.00 bits per heavy atom. The van der Waals surface area contributed by atoms with Crippen molar-refractivity contribution in [2.75, 3.05) is 0 Å². The van der Waals surface area contributed by atoms with E-state index in [1.807, 2.05) is 0 Å². The quantitative estimate of drug-likeness (QED) is 0.188. The van der Waals surface area contributed by atoms with Gasteiger partial charge in [-0.15, -0.1) is 0 Å². The van der Waals surface area contributed by atoms with Crippen molar-refractivity contribution in [3.05, 3.63) is 107 Å². The molecule has 0 fully saturated rings. The lowest BCUT2D eigenvalue weighted by atomic mass is 10.1. The Balaban J connectivity index is 1.62. The highest BCUT2D eigenvalue weighted by Gasteiger charge is 2.07. The van der Waals surface area contributed by atoms with E-state index in [-0.39, 0.29) is 23.1 Å². The third kappa shape index (κ3) is 7.44. The Bertz CT molecular complexity index is 1090. The first-order chi connectivity index (χ1) is 16.3. The Kier molecular flexibility index (Phi) is 8.34. The number of ketones is 2. The summed E-state index contributed by atoms with van der Waals surface area (Å²) in [6, 6.07) is 17.8. The van der Waals surface area contributed by atoms with Crippen LogP contribution in [0, 0.1) is 0 Å². The number of halogens is 4. The number of hydrogen-bond acceptors (Lipinski definition) is 4. The molecule has 0 spiro atoms. The number of alkyl halides is 4. The molecule has 4 nitrogen and oxygen atoms in total. The smallest absolute Gasteiger partial charge is 0.387 e. The zero-order valence-electron chi connectivity index (χ0n) is 17.5. The molecule has 3 aromatic carbocycles. The molecule has 0 saturated carbocycles. The Hall–Kier alpha value is -4.20. The van der Waals surface area contributed by atoms with E-state index < -0.39 is 13.2 Å². The lowest BCUT2D eigenvalue weighted by molar-refractivity contribution is -0.0505. The number of carbonyl (C=O) groups excluding carboxylic acids is 2. The fourth-order valence-electron chi connectivity index (χ4n) is 2.90. The van der Waals surface area contributed by atoms with Crippen LogP contribution in [0.25, 0.3) is 12.2 Å². The summed E-state index contributed by atoms with van der Waals surface area (Å²) >= 11 is 0. The van der Waals surface area contributed by atoms with E-state index in [2.05, 4.69) is 9.47 Å². The minimum atomic E-state index is -2.94. The fourth-order valence-corrected chi connectivity index (χ4v) is 2.90. The average Bonchev–Trinajstić information content (AvgIpc) is 2.81. The number of hydrogen-bond donors (Lipinski definition) is 0. The summed E-state index contributed by atoms with van der Waals surface area (Å²) < 4.78 is 57.3. The first-order valence-corrected chi connectivity index (χ1v) is 9.95. The summed E-state index contributed by atoms with van der Waals surface area (Å²) in [5, 5.41) is 0. The number of rotatable bonds is 10. The van der Waals surface area contributed by atoms with E-state index in [1.165, 1.54) is 60.7 Å². The number of carbonyl (C=O) groups is 2. The van der Waals surface area contributed by atoms with Gasteiger partial charge in [0.1, 0.15) is 11.5 Å². The van der Waals surface area contributed by atoms with Gasteiger partial charge in [-0.2, -0.15) is 17.6 Å². The van der Waals surface area contributed by atoms with Gasteiger partial charge in [-0.1, -0.05) is 30.4 Å². The maximum Gasteiger partial charge on any atom is 0.387 e. The van der Waals surface area contributed by atoms with E-state index >= 15 is 0 Å². The lowest BCUT2D eigenvalue weighted by Gasteiger charge is -2.04. The highest BCUT2D eigenvalue weighted by atomic mass is 19.3. The molecule has 0 bridgehead atoms. The zero-order chi connectivity index (χ0) is 24.5. The van der Waals surface area contributed by atoms with Gasteiger partial charge in [-0.05, 0) is 77.9 Å². The van der Waals surface area contributed by atoms with Gasteiger partial charge in [0.05, 0.1) is 0 Å². The van der Waals surface area contributed by atoms with Crippen molar-refractivity contribution in [3.63, 3.8) is 0 Å². The fraction of sp³-hybridized carbons (Fsp3) is 0.0769. The Morgan fingerprint density at radius 1 is 0.618 bits per heavy atom. The lowest BCUT2D eigenvalue weighted by Crippen LogP contribution is -2.02. The van der Waals surface area contributed by atoms with Gasteiger partial charge in [-0.25, -0.2) is 0 Å². The molecular weight excluding hydrogens is 452 g/mol. The second-order valence-corrected chi connectivity index (χ2v) is 6.87. The normalized spacial score (nSPS) is 11.5. The molecule has 0 aromatic heterocycles. The predicted molar refractivity (Wildman–Crippen MR) is 119 cm³/mol. The summed E-state index contributed by atoms with van der Waals surface area (Å²) in [4.78, 5) is 24.6. The topological polar surface area (TPSA) is 52.6 Å². The van der Waals surface area contributed by atoms with Crippen LogP contribution in [0.3, 0.4) is 0 Å². The zero-order valence-corrected chi connectivity index (χ0v) is 17.5. The van der Waals surface area contributed by atoms with Crippen molar-refractivity contribution in [2.45, 2.75) is 13.2 Å². The maximum atomic E-state index is 12.3. The van der Waals surface area contributed by atoms with Crippen LogP contribution >= 0.6 is 0 Å². The van der Waals surface area contributed by atoms with Gasteiger partial charge < -0.3 is 9.47 Å². The van der Waals surface area contributed by atoms with E-state index in [4.69, 9.17) is 0 Å². The molecule has 0 aliphatic rings. The second kappa shape index (κ2) is 11.6. The van der Waals surface area contributed by atoms with Crippen molar-refractivity contribution in [3.8, 4) is 11.5 Å². The molecule has 0 heterocycles. The minimum absolute atomic E-state index is 0.0398. The van der Waals surface area contributed by atoms with Gasteiger partial charge in [0, 0.05) is 11.1 Å². The molecule has 0 aliphatic heterocycles. The van der Waals surface area contributed by atoms with Crippen LogP contribution in [0.15, 0.2) is 84.9 Å². The van der Waals surface area contributed by atoms with Gasteiger partial charge >= 0.3 is 13.2 Å². The molecule has 0 radical (unpaired) electrons. The summed E-state index contributed by atoms with van der Waals surface area (Å²) in [6.45, 7) is -5.88. The molecule has 0 amide bonds. The Morgan fingerprint density at radius 3 is 1.35 bits per heavy atom. The van der Waals surface area contributed by atoms with Crippen LogP contribution in [0.2, 0.25) is 0 Å². The molecular formula is C26H18F4O4. The molecule has 3 rings (SSSR count). The molecule has 0 atom stereocenters. The van der Waals surface area contributed by atoms with Crippen LogP contribution in [-0.2, 0) is 0 Å². The van der Waals surface area contributed by atoms with Crippen LogP contribution in [0.5, 0.6) is 11.5 Å². The number of benzene rings is 3. The van der Waals surface area contributed by atoms with E-state index in [9.17, 15) is 27.2 Å². The first kappa shape index (κ1) is 24.4. The van der Waals surface area contributed by atoms with Gasteiger partial charge in [0.25, 0.3) is 0 Å². The van der Waals surface area contributed by atoms with E-state index in [0.717, 1.165) is 0 Å². The first-order valence-electron chi connectivity index (χ1n) is 9.95. The van der Waals surface area contributed by atoms with Crippen LogP contribution in [0.4, 0.5) is 17.6 Å². The summed E-state index contributed by atoms with van der Waals surface area (Å²) in [5.41, 5.74) is 2.03. The third-order valence-electron chi connectivity index (χ3n) is 4.49. The van der Waals surface area contributed by atoms with Gasteiger partial charge in [0.15, 0.2) is 11.6 Å². The predicted octanol–water partition coefficient (Wildman–Crippen LogP) is 6.68. The van der Waals surface area contributed by atoms with Crippen molar-refractivity contribution < 1.29 is 36.6 Å².